The molecule has 1 N–H and O–H groups in total. The van der Waals surface area contributed by atoms with Gasteiger partial charge in [-0.2, -0.15) is 0 Å². The molecule has 0 fully saturated rings. The van der Waals surface area contributed by atoms with E-state index in [0.29, 0.717) is 0 Å². The first-order valence-corrected chi connectivity index (χ1v) is 5.95. The van der Waals surface area contributed by atoms with Crippen LogP contribution in [0.15, 0.2) is 31.4 Å². The summed E-state index contributed by atoms with van der Waals surface area (Å²) in [5.74, 6) is 1.46. The Morgan fingerprint density at radius 2 is 1.83 bits per heavy atom. The molecule has 18 heavy (non-hydrogen) atoms. The maximum Gasteiger partial charge on any atom is 0.161 e. The molecular weight excluding hydrogens is 226 g/mol. The number of benzene rings is 1. The van der Waals surface area contributed by atoms with Gasteiger partial charge in [-0.25, -0.2) is 0 Å². The van der Waals surface area contributed by atoms with Crippen molar-refractivity contribution < 1.29 is 9.47 Å². The van der Waals surface area contributed by atoms with E-state index in [1.165, 1.54) is 0 Å². The Labute approximate surface area is 109 Å². The van der Waals surface area contributed by atoms with Gasteiger partial charge in [-0.3, -0.25) is 0 Å². The van der Waals surface area contributed by atoms with Crippen molar-refractivity contribution in [1.82, 2.24) is 5.32 Å². The molecule has 0 aliphatic rings. The monoisotopic (exact) mass is 247 g/mol. The second-order valence-corrected chi connectivity index (χ2v) is 3.86. The molecule has 0 aliphatic heterocycles. The molecule has 0 amide bonds. The number of hydrogen-bond donors (Lipinski definition) is 1. The predicted octanol–water partition coefficient (Wildman–Crippen LogP) is 3.01. The van der Waals surface area contributed by atoms with Crippen LogP contribution in [-0.2, 0) is 6.54 Å². The van der Waals surface area contributed by atoms with Gasteiger partial charge in [0.05, 0.1) is 14.2 Å². The third-order valence-electron chi connectivity index (χ3n) is 2.71. The van der Waals surface area contributed by atoms with E-state index >= 15 is 0 Å². The summed E-state index contributed by atoms with van der Waals surface area (Å²) in [7, 11) is 3.27. The van der Waals surface area contributed by atoms with Crippen LogP contribution in [0.25, 0.3) is 6.08 Å². The highest BCUT2D eigenvalue weighted by molar-refractivity contribution is 5.59. The molecule has 1 aromatic rings. The fourth-order valence-electron chi connectivity index (χ4n) is 1.71. The van der Waals surface area contributed by atoms with Crippen molar-refractivity contribution in [1.29, 1.82) is 0 Å². The Morgan fingerprint density at radius 1 is 1.17 bits per heavy atom. The summed E-state index contributed by atoms with van der Waals surface area (Å²) in [6, 6.07) is 3.92. The zero-order chi connectivity index (χ0) is 13.4. The van der Waals surface area contributed by atoms with Crippen molar-refractivity contribution in [2.75, 3.05) is 20.8 Å². The lowest BCUT2D eigenvalue weighted by Crippen LogP contribution is -2.15. The van der Waals surface area contributed by atoms with Gasteiger partial charge in [0.2, 0.25) is 0 Å². The van der Waals surface area contributed by atoms with E-state index in [4.69, 9.17) is 9.47 Å². The van der Waals surface area contributed by atoms with Crippen molar-refractivity contribution in [2.45, 2.75) is 13.0 Å². The Balaban J connectivity index is 2.87. The van der Waals surface area contributed by atoms with Gasteiger partial charge >= 0.3 is 0 Å². The molecule has 0 aromatic heterocycles. The second-order valence-electron chi connectivity index (χ2n) is 3.86. The highest BCUT2D eigenvalue weighted by atomic mass is 16.5. The van der Waals surface area contributed by atoms with Crippen LogP contribution in [0.2, 0.25) is 0 Å². The average molecular weight is 247 g/mol. The molecule has 0 saturated carbocycles. The first kappa shape index (κ1) is 14.3. The van der Waals surface area contributed by atoms with E-state index in [-0.39, 0.29) is 0 Å². The van der Waals surface area contributed by atoms with E-state index in [0.717, 1.165) is 42.1 Å². The lowest BCUT2D eigenvalue weighted by Gasteiger charge is -2.13. The van der Waals surface area contributed by atoms with Gasteiger partial charge in [-0.15, -0.1) is 6.58 Å². The molecule has 98 valence electrons. The highest BCUT2D eigenvalue weighted by Crippen LogP contribution is 2.31. The Morgan fingerprint density at radius 3 is 2.39 bits per heavy atom. The van der Waals surface area contributed by atoms with Crippen molar-refractivity contribution in [2.24, 2.45) is 0 Å². The van der Waals surface area contributed by atoms with Crippen LogP contribution in [0.3, 0.4) is 0 Å². The molecule has 0 radical (unpaired) electrons. The number of nitrogens with one attached hydrogen (secondary N) is 1. The zero-order valence-corrected chi connectivity index (χ0v) is 11.2. The Hall–Kier alpha value is -1.74. The van der Waals surface area contributed by atoms with Gasteiger partial charge in [0, 0.05) is 6.54 Å². The summed E-state index contributed by atoms with van der Waals surface area (Å²) in [6.45, 7) is 9.21. The lowest BCUT2D eigenvalue weighted by molar-refractivity contribution is 0.354. The van der Waals surface area contributed by atoms with E-state index in [9.17, 15) is 0 Å². The molecule has 0 aliphatic carbocycles. The first-order chi connectivity index (χ1) is 8.76. The largest absolute Gasteiger partial charge is 0.493 e. The minimum atomic E-state index is 0.724. The van der Waals surface area contributed by atoms with Crippen LogP contribution in [0.1, 0.15) is 17.5 Å². The fraction of sp³-hybridized carbons (Fsp3) is 0.333. The summed E-state index contributed by atoms with van der Waals surface area (Å²) < 4.78 is 10.6. The van der Waals surface area contributed by atoms with Crippen molar-refractivity contribution in [3.05, 3.63) is 42.5 Å². The van der Waals surface area contributed by atoms with Crippen molar-refractivity contribution in [3.8, 4) is 11.5 Å². The molecule has 0 atom stereocenters. The molecule has 1 rings (SSSR count). The Kier molecular flexibility index (Phi) is 6.01. The van der Waals surface area contributed by atoms with E-state index in [1.54, 1.807) is 14.2 Å². The standard InChI is InChI=1S/C15H21NO2/c1-5-7-8-16-11-13-10-15(18-4)14(17-3)9-12(13)6-2/h5-6,9-10,16H,1-2,7-8,11H2,3-4H3. The van der Waals surface area contributed by atoms with Crippen LogP contribution in [0.4, 0.5) is 0 Å². The normalized spacial score (nSPS) is 9.89. The van der Waals surface area contributed by atoms with Crippen LogP contribution in [-0.4, -0.2) is 20.8 Å². The van der Waals surface area contributed by atoms with Crippen LogP contribution < -0.4 is 14.8 Å². The molecule has 3 nitrogen and oxygen atoms in total. The zero-order valence-electron chi connectivity index (χ0n) is 11.2. The van der Waals surface area contributed by atoms with Gasteiger partial charge < -0.3 is 14.8 Å². The minimum Gasteiger partial charge on any atom is -0.493 e. The SMILES string of the molecule is C=CCCNCc1cc(OC)c(OC)cc1C=C. The number of methoxy groups -OCH3 is 2. The van der Waals surface area contributed by atoms with E-state index < -0.39 is 0 Å². The molecule has 0 spiro atoms. The van der Waals surface area contributed by atoms with E-state index in [1.807, 2.05) is 24.3 Å². The number of rotatable bonds is 8. The quantitative estimate of drug-likeness (QED) is 0.566. The van der Waals surface area contributed by atoms with Gasteiger partial charge in [-0.1, -0.05) is 18.7 Å². The maximum absolute atomic E-state index is 5.30. The molecule has 1 aromatic carbocycles. The summed E-state index contributed by atoms with van der Waals surface area (Å²) in [4.78, 5) is 0. The highest BCUT2D eigenvalue weighted by Gasteiger charge is 2.08. The van der Waals surface area contributed by atoms with Gasteiger partial charge in [0.15, 0.2) is 11.5 Å². The van der Waals surface area contributed by atoms with Gasteiger partial charge in [0.25, 0.3) is 0 Å². The fourth-order valence-corrected chi connectivity index (χ4v) is 1.71. The average Bonchev–Trinajstić information content (AvgIpc) is 2.42. The first-order valence-electron chi connectivity index (χ1n) is 5.95. The molecule has 0 unspecified atom stereocenters. The number of hydrogen-bond acceptors (Lipinski definition) is 3. The van der Waals surface area contributed by atoms with Gasteiger partial charge in [0.1, 0.15) is 0 Å². The molecule has 0 saturated heterocycles. The van der Waals surface area contributed by atoms with Crippen molar-refractivity contribution in [3.63, 3.8) is 0 Å². The van der Waals surface area contributed by atoms with Crippen LogP contribution >= 0.6 is 0 Å². The molecule has 3 heteroatoms. The molecule has 0 bridgehead atoms. The topological polar surface area (TPSA) is 30.5 Å². The molecular formula is C15H21NO2. The lowest BCUT2D eigenvalue weighted by atomic mass is 10.1. The third-order valence-corrected chi connectivity index (χ3v) is 2.71. The third kappa shape index (κ3) is 3.64. The second kappa shape index (κ2) is 7.56. The number of ether oxygens (including phenoxy) is 2. The summed E-state index contributed by atoms with van der Waals surface area (Å²) in [5, 5.41) is 3.35. The summed E-state index contributed by atoms with van der Waals surface area (Å²) in [5.41, 5.74) is 2.20. The smallest absolute Gasteiger partial charge is 0.161 e. The summed E-state index contributed by atoms with van der Waals surface area (Å²) in [6.07, 6.45) is 4.68. The maximum atomic E-state index is 5.30. The van der Waals surface area contributed by atoms with Gasteiger partial charge in [-0.05, 0) is 36.2 Å². The summed E-state index contributed by atoms with van der Waals surface area (Å²) >= 11 is 0. The van der Waals surface area contributed by atoms with Crippen LogP contribution in [0.5, 0.6) is 11.5 Å². The minimum absolute atomic E-state index is 0.724. The Bertz CT molecular complexity index is 413. The predicted molar refractivity (Wildman–Crippen MR) is 76.2 cm³/mol. The van der Waals surface area contributed by atoms with Crippen LogP contribution in [0, 0.1) is 0 Å². The molecule has 0 heterocycles. The van der Waals surface area contributed by atoms with E-state index in [2.05, 4.69) is 18.5 Å². The van der Waals surface area contributed by atoms with Crippen molar-refractivity contribution >= 4 is 6.08 Å².